The van der Waals surface area contributed by atoms with Gasteiger partial charge in [0.15, 0.2) is 0 Å². The first kappa shape index (κ1) is 7.56. The molecule has 0 aromatic rings. The first-order valence-corrected chi connectivity index (χ1v) is 4.74. The van der Waals surface area contributed by atoms with E-state index >= 15 is 0 Å². The van der Waals surface area contributed by atoms with Gasteiger partial charge in [-0.2, -0.15) is 0 Å². The predicted molar refractivity (Wildman–Crippen MR) is 44.3 cm³/mol. The molecule has 2 bridgehead atoms. The normalized spacial score (nSPS) is 41.7. The maximum Gasteiger partial charge on any atom is 0.0556 e. The van der Waals surface area contributed by atoms with Crippen LogP contribution in [0.1, 0.15) is 25.7 Å². The lowest BCUT2D eigenvalue weighted by Gasteiger charge is -2.22. The van der Waals surface area contributed by atoms with Crippen LogP contribution >= 0.6 is 0 Å². The second kappa shape index (κ2) is 3.11. The molecular weight excluding hydrogens is 138 g/mol. The van der Waals surface area contributed by atoms with E-state index in [-0.39, 0.29) is 6.61 Å². The molecule has 0 unspecified atom stereocenters. The molecule has 0 amide bonds. The summed E-state index contributed by atoms with van der Waals surface area (Å²) < 4.78 is 0. The Balaban J connectivity index is 1.78. The van der Waals surface area contributed by atoms with Gasteiger partial charge in [0.1, 0.15) is 0 Å². The summed E-state index contributed by atoms with van der Waals surface area (Å²) in [5.74, 6) is 1.95. The van der Waals surface area contributed by atoms with Gasteiger partial charge in [0.05, 0.1) is 6.61 Å². The van der Waals surface area contributed by atoms with Gasteiger partial charge in [0.25, 0.3) is 0 Å². The number of nitrogens with one attached hydrogen (secondary N) is 1. The van der Waals surface area contributed by atoms with E-state index in [1.807, 2.05) is 0 Å². The molecule has 0 aromatic heterocycles. The van der Waals surface area contributed by atoms with E-state index in [2.05, 4.69) is 5.32 Å². The van der Waals surface area contributed by atoms with Crippen LogP contribution in [0.25, 0.3) is 0 Å². The average Bonchev–Trinajstić information content (AvgIpc) is 2.60. The molecular formula is C9H17NO. The van der Waals surface area contributed by atoms with E-state index < -0.39 is 0 Å². The second-order valence-corrected chi connectivity index (χ2v) is 3.96. The summed E-state index contributed by atoms with van der Waals surface area (Å²) in [6, 6.07) is 0.737. The lowest BCUT2D eigenvalue weighted by atomic mass is 9.95. The number of fused-ring (bicyclic) bond motifs is 2. The van der Waals surface area contributed by atoms with Gasteiger partial charge in [-0.3, -0.25) is 0 Å². The van der Waals surface area contributed by atoms with E-state index in [0.717, 1.165) is 24.4 Å². The zero-order chi connectivity index (χ0) is 7.68. The molecule has 0 aliphatic heterocycles. The third kappa shape index (κ3) is 1.42. The van der Waals surface area contributed by atoms with Gasteiger partial charge in [-0.15, -0.1) is 0 Å². The van der Waals surface area contributed by atoms with Crippen molar-refractivity contribution in [1.29, 1.82) is 0 Å². The van der Waals surface area contributed by atoms with Gasteiger partial charge < -0.3 is 10.4 Å². The highest BCUT2D eigenvalue weighted by molar-refractivity contribution is 4.93. The third-order valence-corrected chi connectivity index (χ3v) is 3.26. The summed E-state index contributed by atoms with van der Waals surface area (Å²) in [4.78, 5) is 0. The van der Waals surface area contributed by atoms with Crippen molar-refractivity contribution in [2.75, 3.05) is 13.2 Å². The highest BCUT2D eigenvalue weighted by atomic mass is 16.3. The largest absolute Gasteiger partial charge is 0.395 e. The Morgan fingerprint density at radius 3 is 2.73 bits per heavy atom. The van der Waals surface area contributed by atoms with E-state index in [9.17, 15) is 0 Å². The Morgan fingerprint density at radius 1 is 1.27 bits per heavy atom. The topological polar surface area (TPSA) is 32.3 Å². The van der Waals surface area contributed by atoms with Gasteiger partial charge in [0.2, 0.25) is 0 Å². The molecule has 2 rings (SSSR count). The second-order valence-electron chi connectivity index (χ2n) is 3.96. The van der Waals surface area contributed by atoms with Crippen LogP contribution < -0.4 is 5.32 Å². The van der Waals surface area contributed by atoms with Crippen LogP contribution in [0.5, 0.6) is 0 Å². The molecule has 0 aromatic carbocycles. The van der Waals surface area contributed by atoms with E-state index in [4.69, 9.17) is 5.11 Å². The Bertz CT molecular complexity index is 138. The van der Waals surface area contributed by atoms with Crippen LogP contribution in [0.2, 0.25) is 0 Å². The number of aliphatic hydroxyl groups excluding tert-OH is 1. The summed E-state index contributed by atoms with van der Waals surface area (Å²) in [5.41, 5.74) is 0. The van der Waals surface area contributed by atoms with Crippen molar-refractivity contribution < 1.29 is 5.11 Å². The first-order valence-electron chi connectivity index (χ1n) is 4.74. The Hall–Kier alpha value is -0.0800. The average molecular weight is 155 g/mol. The fourth-order valence-electron chi connectivity index (χ4n) is 2.74. The number of hydrogen-bond acceptors (Lipinski definition) is 2. The highest BCUT2D eigenvalue weighted by Gasteiger charge is 2.38. The monoisotopic (exact) mass is 155 g/mol. The summed E-state index contributed by atoms with van der Waals surface area (Å²) >= 11 is 0. The molecule has 0 radical (unpaired) electrons. The summed E-state index contributed by atoms with van der Waals surface area (Å²) in [6.45, 7) is 1.07. The summed E-state index contributed by atoms with van der Waals surface area (Å²) in [6.07, 6.45) is 5.70. The Morgan fingerprint density at radius 2 is 2.18 bits per heavy atom. The van der Waals surface area contributed by atoms with Crippen LogP contribution in [0.15, 0.2) is 0 Å². The van der Waals surface area contributed by atoms with Gasteiger partial charge in [0, 0.05) is 12.6 Å². The smallest absolute Gasteiger partial charge is 0.0556 e. The molecule has 2 heteroatoms. The molecule has 2 N–H and O–H groups in total. The zero-order valence-electron chi connectivity index (χ0n) is 6.92. The van der Waals surface area contributed by atoms with Gasteiger partial charge >= 0.3 is 0 Å². The van der Waals surface area contributed by atoms with Crippen molar-refractivity contribution in [3.05, 3.63) is 0 Å². The SMILES string of the molecule is OCCN[C@@H]1C[C@@H]2CC[C@@H]1C2. The fourth-order valence-corrected chi connectivity index (χ4v) is 2.74. The van der Waals surface area contributed by atoms with Crippen LogP contribution in [-0.4, -0.2) is 24.3 Å². The van der Waals surface area contributed by atoms with Crippen LogP contribution in [-0.2, 0) is 0 Å². The number of aliphatic hydroxyl groups is 1. The zero-order valence-corrected chi connectivity index (χ0v) is 6.92. The van der Waals surface area contributed by atoms with Crippen molar-refractivity contribution in [2.45, 2.75) is 31.7 Å². The van der Waals surface area contributed by atoms with Crippen molar-refractivity contribution >= 4 is 0 Å². The maximum absolute atomic E-state index is 8.63. The lowest BCUT2D eigenvalue weighted by Crippen LogP contribution is -2.35. The van der Waals surface area contributed by atoms with Crippen LogP contribution in [0.3, 0.4) is 0 Å². The third-order valence-electron chi connectivity index (χ3n) is 3.26. The minimum Gasteiger partial charge on any atom is -0.395 e. The summed E-state index contributed by atoms with van der Waals surface area (Å²) in [7, 11) is 0. The van der Waals surface area contributed by atoms with Crippen molar-refractivity contribution in [1.82, 2.24) is 5.32 Å². The predicted octanol–water partition coefficient (Wildman–Crippen LogP) is 0.757. The van der Waals surface area contributed by atoms with Gasteiger partial charge in [-0.1, -0.05) is 6.42 Å². The molecule has 0 spiro atoms. The van der Waals surface area contributed by atoms with E-state index in [1.165, 1.54) is 25.7 Å². The highest BCUT2D eigenvalue weighted by Crippen LogP contribution is 2.44. The van der Waals surface area contributed by atoms with Crippen LogP contribution in [0.4, 0.5) is 0 Å². The molecule has 2 saturated carbocycles. The minimum absolute atomic E-state index is 0.286. The van der Waals surface area contributed by atoms with Crippen molar-refractivity contribution in [3.63, 3.8) is 0 Å². The van der Waals surface area contributed by atoms with Gasteiger partial charge in [-0.05, 0) is 31.1 Å². The number of hydrogen-bond donors (Lipinski definition) is 2. The van der Waals surface area contributed by atoms with Crippen molar-refractivity contribution in [3.8, 4) is 0 Å². The maximum atomic E-state index is 8.63. The van der Waals surface area contributed by atoms with Crippen LogP contribution in [0, 0.1) is 11.8 Å². The minimum atomic E-state index is 0.286. The fraction of sp³-hybridized carbons (Fsp3) is 1.00. The molecule has 3 atom stereocenters. The standard InChI is InChI=1S/C9H17NO/c11-4-3-10-9-6-7-1-2-8(9)5-7/h7-11H,1-6H2/t7-,8-,9-/m1/s1. The lowest BCUT2D eigenvalue weighted by molar-refractivity contribution is 0.266. The summed E-state index contributed by atoms with van der Waals surface area (Å²) in [5, 5.41) is 12.0. The Kier molecular flexibility index (Phi) is 2.14. The van der Waals surface area contributed by atoms with E-state index in [1.54, 1.807) is 0 Å². The Labute approximate surface area is 68.0 Å². The quantitative estimate of drug-likeness (QED) is 0.630. The molecule has 2 fully saturated rings. The van der Waals surface area contributed by atoms with Gasteiger partial charge in [-0.25, -0.2) is 0 Å². The molecule has 0 heterocycles. The molecule has 11 heavy (non-hydrogen) atoms. The molecule has 2 aliphatic carbocycles. The van der Waals surface area contributed by atoms with Crippen molar-refractivity contribution in [2.24, 2.45) is 11.8 Å². The van der Waals surface area contributed by atoms with E-state index in [0.29, 0.717) is 0 Å². The molecule has 64 valence electrons. The molecule has 2 aliphatic rings. The number of rotatable bonds is 3. The molecule has 2 nitrogen and oxygen atoms in total. The first-order chi connectivity index (χ1) is 5.40. The molecule has 0 saturated heterocycles.